The van der Waals surface area contributed by atoms with Gasteiger partial charge in [0.1, 0.15) is 0 Å². The van der Waals surface area contributed by atoms with E-state index >= 15 is 0 Å². The number of alkyl halides is 1. The summed E-state index contributed by atoms with van der Waals surface area (Å²) in [5, 5.41) is 22.2. The van der Waals surface area contributed by atoms with Crippen LogP contribution in [0.15, 0.2) is 0 Å². The molecule has 0 saturated heterocycles. The number of aliphatic hydroxyl groups is 2. The molecular formula is C27H47BrO2. The van der Waals surface area contributed by atoms with Crippen LogP contribution < -0.4 is 0 Å². The average Bonchev–Trinajstić information content (AvgIpc) is 3.01. The lowest BCUT2D eigenvalue weighted by Gasteiger charge is -2.65. The van der Waals surface area contributed by atoms with Crippen molar-refractivity contribution in [2.24, 2.45) is 46.3 Å². The third-order valence-electron chi connectivity index (χ3n) is 11.0. The molecule has 0 aromatic heterocycles. The van der Waals surface area contributed by atoms with E-state index in [0.29, 0.717) is 17.8 Å². The molecule has 30 heavy (non-hydrogen) atoms. The quantitative estimate of drug-likeness (QED) is 0.415. The number of fused-ring (bicyclic) bond motifs is 5. The van der Waals surface area contributed by atoms with Gasteiger partial charge >= 0.3 is 0 Å². The van der Waals surface area contributed by atoms with E-state index in [2.05, 4.69) is 50.5 Å². The van der Waals surface area contributed by atoms with Crippen molar-refractivity contribution in [2.45, 2.75) is 122 Å². The van der Waals surface area contributed by atoms with Crippen LogP contribution in [0.25, 0.3) is 0 Å². The van der Waals surface area contributed by atoms with Crippen LogP contribution in [0.3, 0.4) is 0 Å². The second-order valence-corrected chi connectivity index (χ2v) is 14.0. The molecule has 0 heterocycles. The van der Waals surface area contributed by atoms with Crippen LogP contribution in [-0.4, -0.2) is 26.7 Å². The van der Waals surface area contributed by atoms with Gasteiger partial charge in [-0.05, 0) is 85.9 Å². The first-order chi connectivity index (χ1) is 14.0. The van der Waals surface area contributed by atoms with Gasteiger partial charge in [0.15, 0.2) is 0 Å². The summed E-state index contributed by atoms with van der Waals surface area (Å²) < 4.78 is 0. The second kappa shape index (κ2) is 8.32. The van der Waals surface area contributed by atoms with E-state index in [1.165, 1.54) is 44.9 Å². The number of rotatable bonds is 5. The van der Waals surface area contributed by atoms with Gasteiger partial charge in [-0.3, -0.25) is 0 Å². The van der Waals surface area contributed by atoms with Gasteiger partial charge in [0.05, 0.1) is 11.7 Å². The van der Waals surface area contributed by atoms with Gasteiger partial charge < -0.3 is 10.2 Å². The zero-order chi connectivity index (χ0) is 21.9. The van der Waals surface area contributed by atoms with Gasteiger partial charge in [0, 0.05) is 16.7 Å². The van der Waals surface area contributed by atoms with Crippen LogP contribution in [-0.2, 0) is 0 Å². The second-order valence-electron chi connectivity index (χ2n) is 12.8. The fourth-order valence-electron chi connectivity index (χ4n) is 9.24. The highest BCUT2D eigenvalue weighted by atomic mass is 79.9. The molecular weight excluding hydrogens is 436 g/mol. The molecule has 0 spiro atoms. The van der Waals surface area contributed by atoms with E-state index in [9.17, 15) is 10.2 Å². The first-order valence-electron chi connectivity index (χ1n) is 13.1. The molecule has 4 rings (SSSR count). The summed E-state index contributed by atoms with van der Waals surface area (Å²) in [6, 6.07) is 0. The number of halogens is 1. The molecule has 4 aliphatic carbocycles. The lowest BCUT2D eigenvalue weighted by Crippen LogP contribution is -2.67. The maximum atomic E-state index is 11.8. The fourth-order valence-corrected chi connectivity index (χ4v) is 10.4. The SMILES string of the molecule is CC(C)CCC[C@@H](C)[C@H]1CC[C@H]2[C@@H]3C[C@@H](Br)[C@@]4(O)C[C@@H](O)CC[C@]4(C)[C@H]3CC[C@]12C. The predicted octanol–water partition coefficient (Wildman–Crippen LogP) is 6.96. The third-order valence-corrected chi connectivity index (χ3v) is 12.1. The van der Waals surface area contributed by atoms with Crippen molar-refractivity contribution in [3.63, 3.8) is 0 Å². The monoisotopic (exact) mass is 482 g/mol. The predicted molar refractivity (Wildman–Crippen MR) is 129 cm³/mol. The summed E-state index contributed by atoms with van der Waals surface area (Å²) >= 11 is 3.96. The molecule has 2 N–H and O–H groups in total. The van der Waals surface area contributed by atoms with Crippen LogP contribution in [0.1, 0.15) is 105 Å². The van der Waals surface area contributed by atoms with Gasteiger partial charge in [0.2, 0.25) is 0 Å². The van der Waals surface area contributed by atoms with Crippen LogP contribution in [0.5, 0.6) is 0 Å². The lowest BCUT2D eigenvalue weighted by atomic mass is 9.43. The molecule has 0 bridgehead atoms. The van der Waals surface area contributed by atoms with E-state index in [0.717, 1.165) is 48.9 Å². The molecule has 10 atom stereocenters. The van der Waals surface area contributed by atoms with Crippen LogP contribution >= 0.6 is 15.9 Å². The molecule has 4 fully saturated rings. The Balaban J connectivity index is 1.53. The normalized spacial score (nSPS) is 51.9. The maximum Gasteiger partial charge on any atom is 0.0852 e. The average molecular weight is 484 g/mol. The van der Waals surface area contributed by atoms with Crippen LogP contribution in [0, 0.1) is 46.3 Å². The highest BCUT2D eigenvalue weighted by Crippen LogP contribution is 2.69. The minimum atomic E-state index is -0.748. The summed E-state index contributed by atoms with van der Waals surface area (Å²) in [6.45, 7) is 12.3. The Labute approximate surface area is 194 Å². The van der Waals surface area contributed by atoms with E-state index in [-0.39, 0.29) is 16.3 Å². The Hall–Kier alpha value is 0.400. The third kappa shape index (κ3) is 3.56. The largest absolute Gasteiger partial charge is 0.393 e. The fraction of sp³-hybridized carbons (Fsp3) is 1.00. The zero-order valence-corrected chi connectivity index (χ0v) is 21.8. The Morgan fingerprint density at radius 1 is 0.967 bits per heavy atom. The molecule has 2 nitrogen and oxygen atoms in total. The van der Waals surface area contributed by atoms with Crippen molar-refractivity contribution in [3.8, 4) is 0 Å². The standard InChI is InChI=1S/C27H47BrO2/c1-17(2)7-6-8-18(3)21-9-10-22-20-15-24(28)27(30)16-19(29)11-14-26(27,5)23(20)12-13-25(21,22)4/h17-24,29-30H,6-16H2,1-5H3/t18-,19+,20+,21-,22+,23+,24-,25-,26-,27+/m1/s1. The highest BCUT2D eigenvalue weighted by molar-refractivity contribution is 9.09. The summed E-state index contributed by atoms with van der Waals surface area (Å²) in [5.74, 6) is 4.73. The lowest BCUT2D eigenvalue weighted by molar-refractivity contribution is -0.215. The Bertz CT molecular complexity index is 622. The summed E-state index contributed by atoms with van der Waals surface area (Å²) in [6.07, 6.45) is 12.7. The molecule has 3 heteroatoms. The topological polar surface area (TPSA) is 40.5 Å². The van der Waals surface area contributed by atoms with Crippen molar-refractivity contribution in [1.29, 1.82) is 0 Å². The van der Waals surface area contributed by atoms with Gasteiger partial charge in [0.25, 0.3) is 0 Å². The maximum absolute atomic E-state index is 11.8. The summed E-state index contributed by atoms with van der Waals surface area (Å²) in [5.41, 5.74) is -0.307. The van der Waals surface area contributed by atoms with Crippen molar-refractivity contribution < 1.29 is 10.2 Å². The minimum Gasteiger partial charge on any atom is -0.393 e. The van der Waals surface area contributed by atoms with E-state index in [1.54, 1.807) is 0 Å². The molecule has 0 amide bonds. The molecule has 0 unspecified atom stereocenters. The molecule has 0 radical (unpaired) electrons. The van der Waals surface area contributed by atoms with E-state index in [4.69, 9.17) is 0 Å². The molecule has 0 aromatic rings. The van der Waals surface area contributed by atoms with E-state index < -0.39 is 5.60 Å². The van der Waals surface area contributed by atoms with Crippen molar-refractivity contribution >= 4 is 15.9 Å². The molecule has 0 aromatic carbocycles. The summed E-state index contributed by atoms with van der Waals surface area (Å²) in [4.78, 5) is 0.121. The molecule has 4 aliphatic rings. The Kier molecular flexibility index (Phi) is 6.53. The van der Waals surface area contributed by atoms with Crippen molar-refractivity contribution in [1.82, 2.24) is 0 Å². The number of aliphatic hydroxyl groups excluding tert-OH is 1. The highest BCUT2D eigenvalue weighted by Gasteiger charge is 2.67. The van der Waals surface area contributed by atoms with Gasteiger partial charge in [-0.15, -0.1) is 0 Å². The van der Waals surface area contributed by atoms with Crippen molar-refractivity contribution in [3.05, 3.63) is 0 Å². The first kappa shape index (κ1) is 23.6. The molecule has 174 valence electrons. The minimum absolute atomic E-state index is 0.0500. The zero-order valence-electron chi connectivity index (χ0n) is 20.2. The molecule has 0 aliphatic heterocycles. The van der Waals surface area contributed by atoms with Crippen molar-refractivity contribution in [2.75, 3.05) is 0 Å². The first-order valence-corrected chi connectivity index (χ1v) is 14.0. The smallest absolute Gasteiger partial charge is 0.0852 e. The van der Waals surface area contributed by atoms with Crippen LogP contribution in [0.2, 0.25) is 0 Å². The number of hydrogen-bond donors (Lipinski definition) is 2. The van der Waals surface area contributed by atoms with Gasteiger partial charge in [-0.25, -0.2) is 0 Å². The van der Waals surface area contributed by atoms with Crippen LogP contribution in [0.4, 0.5) is 0 Å². The number of hydrogen-bond acceptors (Lipinski definition) is 2. The van der Waals surface area contributed by atoms with Gasteiger partial charge in [-0.2, -0.15) is 0 Å². The Morgan fingerprint density at radius 2 is 1.70 bits per heavy atom. The van der Waals surface area contributed by atoms with Gasteiger partial charge in [-0.1, -0.05) is 69.8 Å². The summed E-state index contributed by atoms with van der Waals surface area (Å²) in [7, 11) is 0. The molecule has 4 saturated carbocycles. The van der Waals surface area contributed by atoms with E-state index in [1.807, 2.05) is 0 Å². The Morgan fingerprint density at radius 3 is 2.40 bits per heavy atom.